The molecule has 0 aromatic heterocycles. The van der Waals surface area contributed by atoms with Gasteiger partial charge in [0.15, 0.2) is 0 Å². The van der Waals surface area contributed by atoms with Crippen molar-refractivity contribution in [2.24, 2.45) is 17.8 Å². The Bertz CT molecular complexity index is 489. The summed E-state index contributed by atoms with van der Waals surface area (Å²) in [5.74, 6) is 4.88. The predicted octanol–water partition coefficient (Wildman–Crippen LogP) is 7.75. The van der Waals surface area contributed by atoms with Crippen LogP contribution in [0.1, 0.15) is 102 Å². The molecule has 0 spiro atoms. The van der Waals surface area contributed by atoms with Crippen molar-refractivity contribution in [1.82, 2.24) is 0 Å². The number of benzene rings is 1. The van der Waals surface area contributed by atoms with Crippen molar-refractivity contribution in [3.05, 3.63) is 29.8 Å². The summed E-state index contributed by atoms with van der Waals surface area (Å²) in [6.07, 6.45) is 19.1. The van der Waals surface area contributed by atoms with Crippen molar-refractivity contribution in [2.75, 3.05) is 7.11 Å². The maximum Gasteiger partial charge on any atom is 0.118 e. The van der Waals surface area contributed by atoms with Gasteiger partial charge in [0.05, 0.1) is 7.11 Å². The van der Waals surface area contributed by atoms with E-state index in [0.29, 0.717) is 0 Å². The highest BCUT2D eigenvalue weighted by Gasteiger charge is 2.31. The Morgan fingerprint density at radius 2 is 1.38 bits per heavy atom. The topological polar surface area (TPSA) is 9.23 Å². The molecule has 0 aliphatic heterocycles. The number of unbranched alkanes of at least 4 members (excludes halogenated alkanes) is 3. The third kappa shape index (κ3) is 5.51. The van der Waals surface area contributed by atoms with E-state index in [0.717, 1.165) is 29.4 Å². The molecule has 0 bridgehead atoms. The van der Waals surface area contributed by atoms with Crippen LogP contribution in [0.15, 0.2) is 24.3 Å². The molecule has 1 aromatic carbocycles. The van der Waals surface area contributed by atoms with Crippen LogP contribution in [0.2, 0.25) is 0 Å². The van der Waals surface area contributed by atoms with Gasteiger partial charge in [0.1, 0.15) is 5.75 Å². The summed E-state index contributed by atoms with van der Waals surface area (Å²) in [5, 5.41) is 0. The second kappa shape index (κ2) is 10.4. The molecule has 0 heterocycles. The van der Waals surface area contributed by atoms with Crippen LogP contribution in [0.25, 0.3) is 0 Å². The third-order valence-electron chi connectivity index (χ3n) is 7.38. The maximum absolute atomic E-state index is 5.30. The predicted molar refractivity (Wildman–Crippen MR) is 112 cm³/mol. The molecule has 0 saturated heterocycles. The standard InChI is InChI=1S/C25H40O/c1-3-4-5-6-7-20-8-10-21(11-9-20)22-12-14-23(15-13-22)24-16-18-25(26-2)19-17-24/h16-23H,3-15H2,1-2H3/t20-,21-,22-,23-. The minimum atomic E-state index is 0.784. The maximum atomic E-state index is 5.30. The lowest BCUT2D eigenvalue weighted by molar-refractivity contribution is 0.155. The second-order valence-corrected chi connectivity index (χ2v) is 9.02. The van der Waals surface area contributed by atoms with E-state index < -0.39 is 0 Å². The molecule has 0 amide bonds. The Labute approximate surface area is 161 Å². The van der Waals surface area contributed by atoms with Crippen LogP contribution in [0.3, 0.4) is 0 Å². The van der Waals surface area contributed by atoms with Crippen molar-refractivity contribution in [3.8, 4) is 5.75 Å². The lowest BCUT2D eigenvalue weighted by atomic mass is 9.68. The van der Waals surface area contributed by atoms with Gasteiger partial charge in [-0.15, -0.1) is 0 Å². The molecular formula is C25H40O. The summed E-state index contributed by atoms with van der Waals surface area (Å²) >= 11 is 0. The van der Waals surface area contributed by atoms with Gasteiger partial charge in [-0.1, -0.05) is 64.0 Å². The first kappa shape index (κ1) is 19.8. The van der Waals surface area contributed by atoms with Crippen LogP contribution in [-0.4, -0.2) is 7.11 Å². The first-order valence-corrected chi connectivity index (χ1v) is 11.4. The van der Waals surface area contributed by atoms with Gasteiger partial charge in [0.25, 0.3) is 0 Å². The zero-order chi connectivity index (χ0) is 18.2. The van der Waals surface area contributed by atoms with Crippen molar-refractivity contribution < 1.29 is 4.74 Å². The quantitative estimate of drug-likeness (QED) is 0.433. The molecule has 1 aromatic rings. The Morgan fingerprint density at radius 1 is 0.769 bits per heavy atom. The monoisotopic (exact) mass is 356 g/mol. The molecule has 2 fully saturated rings. The zero-order valence-electron chi connectivity index (χ0n) is 17.2. The molecule has 1 heteroatoms. The van der Waals surface area contributed by atoms with Gasteiger partial charge < -0.3 is 4.74 Å². The van der Waals surface area contributed by atoms with E-state index >= 15 is 0 Å². The van der Waals surface area contributed by atoms with Gasteiger partial charge in [-0.05, 0) is 79.9 Å². The van der Waals surface area contributed by atoms with E-state index in [-0.39, 0.29) is 0 Å². The molecule has 1 nitrogen and oxygen atoms in total. The van der Waals surface area contributed by atoms with Gasteiger partial charge >= 0.3 is 0 Å². The Balaban J connectivity index is 1.37. The molecular weight excluding hydrogens is 316 g/mol. The molecule has 0 N–H and O–H groups in total. The molecule has 3 rings (SSSR count). The summed E-state index contributed by atoms with van der Waals surface area (Å²) < 4.78 is 5.30. The fraction of sp³-hybridized carbons (Fsp3) is 0.760. The fourth-order valence-corrected chi connectivity index (χ4v) is 5.61. The van der Waals surface area contributed by atoms with Gasteiger partial charge in [0, 0.05) is 0 Å². The van der Waals surface area contributed by atoms with Crippen LogP contribution in [0, 0.1) is 17.8 Å². The molecule has 0 atom stereocenters. The van der Waals surface area contributed by atoms with Crippen LogP contribution >= 0.6 is 0 Å². The minimum absolute atomic E-state index is 0.784. The number of hydrogen-bond acceptors (Lipinski definition) is 1. The van der Waals surface area contributed by atoms with Crippen molar-refractivity contribution >= 4 is 0 Å². The average Bonchev–Trinajstić information content (AvgIpc) is 2.72. The van der Waals surface area contributed by atoms with Gasteiger partial charge in [-0.2, -0.15) is 0 Å². The normalized spacial score (nSPS) is 29.5. The van der Waals surface area contributed by atoms with Gasteiger partial charge in [-0.3, -0.25) is 0 Å². The summed E-state index contributed by atoms with van der Waals surface area (Å²) in [4.78, 5) is 0. The first-order valence-electron chi connectivity index (χ1n) is 11.4. The molecule has 0 unspecified atom stereocenters. The van der Waals surface area contributed by atoms with E-state index in [4.69, 9.17) is 4.74 Å². The summed E-state index contributed by atoms with van der Waals surface area (Å²) in [6, 6.07) is 8.83. The van der Waals surface area contributed by atoms with Crippen LogP contribution in [0.5, 0.6) is 5.75 Å². The Kier molecular flexibility index (Phi) is 7.89. The number of ether oxygens (including phenoxy) is 1. The third-order valence-corrected chi connectivity index (χ3v) is 7.38. The lowest BCUT2D eigenvalue weighted by Crippen LogP contribution is -2.25. The van der Waals surface area contributed by atoms with E-state index in [1.165, 1.54) is 89.0 Å². The lowest BCUT2D eigenvalue weighted by Gasteiger charge is -2.38. The number of rotatable bonds is 8. The molecule has 0 radical (unpaired) electrons. The second-order valence-electron chi connectivity index (χ2n) is 9.02. The van der Waals surface area contributed by atoms with Crippen LogP contribution < -0.4 is 4.74 Å². The number of hydrogen-bond donors (Lipinski definition) is 0. The minimum Gasteiger partial charge on any atom is -0.497 e. The van der Waals surface area contributed by atoms with E-state index in [9.17, 15) is 0 Å². The molecule has 26 heavy (non-hydrogen) atoms. The van der Waals surface area contributed by atoms with Crippen LogP contribution in [-0.2, 0) is 0 Å². The molecule has 146 valence electrons. The largest absolute Gasteiger partial charge is 0.497 e. The van der Waals surface area contributed by atoms with Gasteiger partial charge in [0.2, 0.25) is 0 Å². The molecule has 2 aliphatic rings. The fourth-order valence-electron chi connectivity index (χ4n) is 5.61. The zero-order valence-corrected chi connectivity index (χ0v) is 17.2. The molecule has 2 aliphatic carbocycles. The van der Waals surface area contributed by atoms with Crippen molar-refractivity contribution in [1.29, 1.82) is 0 Å². The Morgan fingerprint density at radius 3 is 1.96 bits per heavy atom. The average molecular weight is 357 g/mol. The van der Waals surface area contributed by atoms with Crippen LogP contribution in [0.4, 0.5) is 0 Å². The SMILES string of the molecule is CCCCCC[C@H]1CC[C@H]([C@H]2CC[C@H](c3ccc(OC)cc3)CC2)CC1. The first-order chi connectivity index (χ1) is 12.8. The highest BCUT2D eigenvalue weighted by molar-refractivity contribution is 5.29. The van der Waals surface area contributed by atoms with Crippen molar-refractivity contribution in [2.45, 2.75) is 96.3 Å². The van der Waals surface area contributed by atoms with E-state index in [1.807, 2.05) is 0 Å². The number of methoxy groups -OCH3 is 1. The highest BCUT2D eigenvalue weighted by atomic mass is 16.5. The summed E-state index contributed by atoms with van der Waals surface area (Å²) in [6.45, 7) is 2.31. The van der Waals surface area contributed by atoms with Crippen molar-refractivity contribution in [3.63, 3.8) is 0 Å². The molecule has 2 saturated carbocycles. The summed E-state index contributed by atoms with van der Waals surface area (Å²) in [5.41, 5.74) is 1.53. The van der Waals surface area contributed by atoms with E-state index in [1.54, 1.807) is 7.11 Å². The highest BCUT2D eigenvalue weighted by Crippen LogP contribution is 2.44. The van der Waals surface area contributed by atoms with Gasteiger partial charge in [-0.25, -0.2) is 0 Å². The van der Waals surface area contributed by atoms with E-state index in [2.05, 4.69) is 31.2 Å². The summed E-state index contributed by atoms with van der Waals surface area (Å²) in [7, 11) is 1.75. The Hall–Kier alpha value is -0.980. The smallest absolute Gasteiger partial charge is 0.118 e.